The number of rotatable bonds is 6. The summed E-state index contributed by atoms with van der Waals surface area (Å²) in [4.78, 5) is 0. The lowest BCUT2D eigenvalue weighted by Crippen LogP contribution is -2.26. The van der Waals surface area contributed by atoms with Crippen LogP contribution in [0.5, 0.6) is 0 Å². The van der Waals surface area contributed by atoms with Crippen molar-refractivity contribution >= 4 is 5.84 Å². The van der Waals surface area contributed by atoms with Crippen LogP contribution in [0.1, 0.15) is 23.6 Å². The number of benzene rings is 2. The van der Waals surface area contributed by atoms with Crippen LogP contribution in [-0.2, 0) is 6.54 Å². The molecule has 0 amide bonds. The number of hydrogen-bond donors (Lipinski definition) is 3. The fourth-order valence-corrected chi connectivity index (χ4v) is 2.13. The van der Waals surface area contributed by atoms with Crippen molar-refractivity contribution in [2.75, 3.05) is 0 Å². The van der Waals surface area contributed by atoms with E-state index in [1.165, 1.54) is 12.1 Å². The number of amidine groups is 1. The molecule has 0 heterocycles. The van der Waals surface area contributed by atoms with Crippen molar-refractivity contribution in [3.05, 3.63) is 71.5 Å². The zero-order valence-corrected chi connectivity index (χ0v) is 11.5. The molecule has 21 heavy (non-hydrogen) atoms. The van der Waals surface area contributed by atoms with Crippen molar-refractivity contribution in [3.63, 3.8) is 0 Å². The summed E-state index contributed by atoms with van der Waals surface area (Å²) in [7, 11) is 0. The van der Waals surface area contributed by atoms with Gasteiger partial charge in [-0.15, -0.1) is 0 Å². The van der Waals surface area contributed by atoms with E-state index < -0.39 is 0 Å². The highest BCUT2D eigenvalue weighted by molar-refractivity contribution is 5.80. The van der Waals surface area contributed by atoms with Gasteiger partial charge >= 0.3 is 0 Å². The molecule has 4 N–H and O–H groups in total. The summed E-state index contributed by atoms with van der Waals surface area (Å²) in [6, 6.07) is 16.0. The zero-order valence-electron chi connectivity index (χ0n) is 11.5. The molecule has 0 aliphatic heterocycles. The minimum absolute atomic E-state index is 0.106. The van der Waals surface area contributed by atoms with Crippen LogP contribution in [0.15, 0.2) is 59.8 Å². The number of nitrogens with one attached hydrogen (secondary N) is 1. The second kappa shape index (κ2) is 7.40. The highest BCUT2D eigenvalue weighted by Gasteiger charge is 2.13. The lowest BCUT2D eigenvalue weighted by molar-refractivity contribution is 0.315. The highest BCUT2D eigenvalue weighted by Crippen LogP contribution is 2.17. The van der Waals surface area contributed by atoms with Gasteiger partial charge in [-0.2, -0.15) is 0 Å². The van der Waals surface area contributed by atoms with Gasteiger partial charge in [-0.3, -0.25) is 0 Å². The Labute approximate surface area is 123 Å². The average Bonchev–Trinajstić information content (AvgIpc) is 2.52. The highest BCUT2D eigenvalue weighted by atomic mass is 19.1. The van der Waals surface area contributed by atoms with E-state index in [1.807, 2.05) is 36.4 Å². The number of halogens is 1. The molecule has 0 saturated heterocycles. The van der Waals surface area contributed by atoms with E-state index >= 15 is 0 Å². The summed E-state index contributed by atoms with van der Waals surface area (Å²) in [5.41, 5.74) is 7.48. The van der Waals surface area contributed by atoms with Crippen molar-refractivity contribution in [2.24, 2.45) is 10.9 Å². The Hall–Kier alpha value is -2.40. The van der Waals surface area contributed by atoms with E-state index in [-0.39, 0.29) is 17.7 Å². The lowest BCUT2D eigenvalue weighted by atomic mass is 10.0. The molecule has 110 valence electrons. The predicted molar refractivity (Wildman–Crippen MR) is 80.4 cm³/mol. The number of hydrogen-bond acceptors (Lipinski definition) is 3. The minimum atomic E-state index is -0.262. The molecule has 2 aromatic carbocycles. The van der Waals surface area contributed by atoms with Gasteiger partial charge in [0.2, 0.25) is 0 Å². The maximum atomic E-state index is 13.2. The third-order valence-corrected chi connectivity index (χ3v) is 3.19. The molecule has 5 heteroatoms. The van der Waals surface area contributed by atoms with E-state index in [9.17, 15) is 4.39 Å². The minimum Gasteiger partial charge on any atom is -0.409 e. The summed E-state index contributed by atoms with van der Waals surface area (Å²) in [6.07, 6.45) is 0.371. The second-order valence-corrected chi connectivity index (χ2v) is 4.77. The predicted octanol–water partition coefficient (Wildman–Crippen LogP) is 2.79. The van der Waals surface area contributed by atoms with E-state index in [2.05, 4.69) is 10.5 Å². The van der Waals surface area contributed by atoms with E-state index in [0.717, 1.165) is 11.1 Å². The summed E-state index contributed by atoms with van der Waals surface area (Å²) in [5.74, 6) is -0.113. The first-order chi connectivity index (χ1) is 10.2. The Morgan fingerprint density at radius 1 is 1.19 bits per heavy atom. The fourth-order valence-electron chi connectivity index (χ4n) is 2.13. The molecular formula is C16H18FN3O. The maximum Gasteiger partial charge on any atom is 0.141 e. The first kappa shape index (κ1) is 15.0. The van der Waals surface area contributed by atoms with Crippen LogP contribution in [0.4, 0.5) is 4.39 Å². The molecular weight excluding hydrogens is 269 g/mol. The smallest absolute Gasteiger partial charge is 0.141 e. The molecule has 1 unspecified atom stereocenters. The first-order valence-electron chi connectivity index (χ1n) is 6.68. The van der Waals surface area contributed by atoms with Crippen LogP contribution in [0.2, 0.25) is 0 Å². The van der Waals surface area contributed by atoms with Crippen LogP contribution in [-0.4, -0.2) is 11.0 Å². The van der Waals surface area contributed by atoms with Gasteiger partial charge in [0.15, 0.2) is 0 Å². The standard InChI is InChI=1S/C16H18FN3O/c17-14-8-4-5-12(9-14)11-19-15(10-16(18)20-21)13-6-2-1-3-7-13/h1-9,15,19,21H,10-11H2,(H2,18,20). The van der Waals surface area contributed by atoms with Crippen LogP contribution in [0.25, 0.3) is 0 Å². The van der Waals surface area contributed by atoms with Gasteiger partial charge in [0.05, 0.1) is 0 Å². The Morgan fingerprint density at radius 3 is 2.62 bits per heavy atom. The molecule has 0 radical (unpaired) electrons. The Morgan fingerprint density at radius 2 is 1.95 bits per heavy atom. The molecule has 0 aromatic heterocycles. The molecule has 0 aliphatic rings. The van der Waals surface area contributed by atoms with Crippen molar-refractivity contribution in [1.82, 2.24) is 5.32 Å². The normalized spacial score (nSPS) is 13.1. The topological polar surface area (TPSA) is 70.6 Å². The number of oxime groups is 1. The van der Waals surface area contributed by atoms with Gasteiger partial charge in [0, 0.05) is 19.0 Å². The van der Waals surface area contributed by atoms with Gasteiger partial charge in [0.25, 0.3) is 0 Å². The van der Waals surface area contributed by atoms with Crippen LogP contribution in [0, 0.1) is 5.82 Å². The average molecular weight is 287 g/mol. The van der Waals surface area contributed by atoms with Gasteiger partial charge in [-0.25, -0.2) is 4.39 Å². The largest absolute Gasteiger partial charge is 0.409 e. The summed E-state index contributed by atoms with van der Waals surface area (Å²) in [5, 5.41) is 15.1. The van der Waals surface area contributed by atoms with E-state index in [0.29, 0.717) is 13.0 Å². The molecule has 0 spiro atoms. The number of nitrogens with zero attached hydrogens (tertiary/aromatic N) is 1. The van der Waals surface area contributed by atoms with Gasteiger partial charge in [-0.1, -0.05) is 47.6 Å². The van der Waals surface area contributed by atoms with Crippen molar-refractivity contribution in [1.29, 1.82) is 0 Å². The molecule has 0 aliphatic carbocycles. The van der Waals surface area contributed by atoms with Gasteiger partial charge in [0.1, 0.15) is 11.7 Å². The van der Waals surface area contributed by atoms with Crippen molar-refractivity contribution in [3.8, 4) is 0 Å². The van der Waals surface area contributed by atoms with Gasteiger partial charge < -0.3 is 16.3 Å². The third-order valence-electron chi connectivity index (χ3n) is 3.19. The number of nitrogens with two attached hydrogens (primary N) is 1. The van der Waals surface area contributed by atoms with Crippen LogP contribution in [0.3, 0.4) is 0 Å². The molecule has 2 rings (SSSR count). The molecule has 1 atom stereocenters. The molecule has 0 bridgehead atoms. The Balaban J connectivity index is 2.09. The molecule has 4 nitrogen and oxygen atoms in total. The van der Waals surface area contributed by atoms with E-state index in [4.69, 9.17) is 10.9 Å². The zero-order chi connectivity index (χ0) is 15.1. The summed E-state index contributed by atoms with van der Waals surface area (Å²) < 4.78 is 13.2. The quantitative estimate of drug-likeness (QED) is 0.331. The van der Waals surface area contributed by atoms with E-state index in [1.54, 1.807) is 6.07 Å². The third kappa shape index (κ3) is 4.57. The SMILES string of the molecule is NC(CC(NCc1cccc(F)c1)c1ccccc1)=NO. The Bertz CT molecular complexity index is 601. The van der Waals surface area contributed by atoms with Gasteiger partial charge in [-0.05, 0) is 23.3 Å². The van der Waals surface area contributed by atoms with Crippen molar-refractivity contribution in [2.45, 2.75) is 19.0 Å². The molecule has 2 aromatic rings. The molecule has 0 fully saturated rings. The lowest BCUT2D eigenvalue weighted by Gasteiger charge is -2.18. The van der Waals surface area contributed by atoms with Crippen LogP contribution < -0.4 is 11.1 Å². The fraction of sp³-hybridized carbons (Fsp3) is 0.188. The Kier molecular flexibility index (Phi) is 5.29. The molecule has 0 saturated carbocycles. The summed E-state index contributed by atoms with van der Waals surface area (Å²) in [6.45, 7) is 0.496. The van der Waals surface area contributed by atoms with Crippen LogP contribution >= 0.6 is 0 Å². The van der Waals surface area contributed by atoms with Crippen molar-refractivity contribution < 1.29 is 9.60 Å². The second-order valence-electron chi connectivity index (χ2n) is 4.77. The monoisotopic (exact) mass is 287 g/mol. The summed E-state index contributed by atoms with van der Waals surface area (Å²) >= 11 is 0. The first-order valence-corrected chi connectivity index (χ1v) is 6.68. The maximum absolute atomic E-state index is 13.2.